The normalized spacial score (nSPS) is 24.6. The van der Waals surface area contributed by atoms with Gasteiger partial charge in [0.15, 0.2) is 0 Å². The largest absolute Gasteiger partial charge is 0.416 e. The summed E-state index contributed by atoms with van der Waals surface area (Å²) >= 11 is 0. The fourth-order valence-electron chi connectivity index (χ4n) is 4.32. The van der Waals surface area contributed by atoms with Crippen molar-refractivity contribution in [3.63, 3.8) is 0 Å². The van der Waals surface area contributed by atoms with Crippen LogP contribution in [0.1, 0.15) is 66.9 Å². The number of benzene rings is 1. The Hall–Kier alpha value is -1.56. The summed E-state index contributed by atoms with van der Waals surface area (Å²) in [6.07, 6.45) is 2.70. The average molecular weight is 368 g/mol. The first-order valence-corrected chi connectivity index (χ1v) is 9.65. The molecule has 2 fully saturated rings. The zero-order valence-electron chi connectivity index (χ0n) is 15.2. The van der Waals surface area contributed by atoms with Crippen LogP contribution in [0.3, 0.4) is 0 Å². The van der Waals surface area contributed by atoms with Crippen molar-refractivity contribution in [1.29, 1.82) is 0 Å². The molecule has 0 radical (unpaired) electrons. The highest BCUT2D eigenvalue weighted by atomic mass is 19.4. The van der Waals surface area contributed by atoms with E-state index >= 15 is 0 Å². The van der Waals surface area contributed by atoms with Crippen molar-refractivity contribution in [2.75, 3.05) is 13.1 Å². The van der Waals surface area contributed by atoms with Gasteiger partial charge in [-0.15, -0.1) is 0 Å². The van der Waals surface area contributed by atoms with E-state index in [0.29, 0.717) is 23.6 Å². The lowest BCUT2D eigenvalue weighted by molar-refractivity contribution is -0.137. The summed E-state index contributed by atoms with van der Waals surface area (Å²) in [6, 6.07) is 3.88. The van der Waals surface area contributed by atoms with Gasteiger partial charge in [0, 0.05) is 17.6 Å². The van der Waals surface area contributed by atoms with E-state index in [2.05, 4.69) is 10.2 Å². The Morgan fingerprint density at radius 3 is 2.50 bits per heavy atom. The number of nitrogens with one attached hydrogen (secondary N) is 1. The van der Waals surface area contributed by atoms with Gasteiger partial charge < -0.3 is 5.32 Å². The average Bonchev–Trinajstić information content (AvgIpc) is 3.15. The van der Waals surface area contributed by atoms with Gasteiger partial charge in [0.05, 0.1) is 5.56 Å². The lowest BCUT2D eigenvalue weighted by Gasteiger charge is -2.38. The molecule has 1 heterocycles. The summed E-state index contributed by atoms with van der Waals surface area (Å²) in [4.78, 5) is 15.3. The maximum Gasteiger partial charge on any atom is 0.416 e. The zero-order chi connectivity index (χ0) is 18.7. The number of aryl methyl sites for hydroxylation is 1. The summed E-state index contributed by atoms with van der Waals surface area (Å²) < 4.78 is 38.8. The van der Waals surface area contributed by atoms with Crippen LogP contribution in [0.4, 0.5) is 13.2 Å². The van der Waals surface area contributed by atoms with Crippen LogP contribution in [0, 0.1) is 0 Å². The maximum atomic E-state index is 12.9. The van der Waals surface area contributed by atoms with Crippen molar-refractivity contribution < 1.29 is 18.0 Å². The Balaban J connectivity index is 1.76. The highest BCUT2D eigenvalue weighted by molar-refractivity contribution is 5.96. The van der Waals surface area contributed by atoms with Crippen LogP contribution < -0.4 is 5.32 Å². The van der Waals surface area contributed by atoms with Crippen molar-refractivity contribution in [2.24, 2.45) is 0 Å². The molecule has 2 aliphatic rings. The van der Waals surface area contributed by atoms with Crippen LogP contribution in [-0.2, 0) is 12.6 Å². The molecule has 1 N–H and O–H groups in total. The Kier molecular flexibility index (Phi) is 5.90. The number of nitrogens with zero attached hydrogens (tertiary/aromatic N) is 1. The predicted molar refractivity (Wildman–Crippen MR) is 95.1 cm³/mol. The van der Waals surface area contributed by atoms with Gasteiger partial charge in [0.2, 0.25) is 0 Å². The number of halogens is 3. The standard InChI is InChI=1S/C20H27F3N2O/c1-2-14-13-15(20(21,22)23)9-10-16(14)19(26)24-17-7-3-4-8-18(17)25-11-5-6-12-25/h9-10,13,17-18H,2-8,11-12H2,1H3,(H,24,26)/t17-,18+/m0/s1. The SMILES string of the molecule is CCc1cc(C(F)(F)F)ccc1C(=O)N[C@H]1CCCC[C@H]1N1CCCC1. The van der Waals surface area contributed by atoms with E-state index in [0.717, 1.165) is 44.5 Å². The second kappa shape index (κ2) is 7.99. The van der Waals surface area contributed by atoms with Gasteiger partial charge in [-0.05, 0) is 69.0 Å². The Bertz CT molecular complexity index is 638. The first kappa shape index (κ1) is 19.2. The lowest BCUT2D eigenvalue weighted by Crippen LogP contribution is -2.52. The van der Waals surface area contributed by atoms with Crippen LogP contribution in [0.25, 0.3) is 0 Å². The van der Waals surface area contributed by atoms with Gasteiger partial charge in [0.1, 0.15) is 0 Å². The minimum atomic E-state index is -4.39. The van der Waals surface area contributed by atoms with E-state index in [4.69, 9.17) is 0 Å². The number of likely N-dealkylation sites (tertiary alicyclic amines) is 1. The van der Waals surface area contributed by atoms with E-state index < -0.39 is 11.7 Å². The van der Waals surface area contributed by atoms with Gasteiger partial charge in [-0.2, -0.15) is 13.2 Å². The third kappa shape index (κ3) is 4.22. The molecule has 1 saturated carbocycles. The van der Waals surface area contributed by atoms with Crippen LogP contribution in [0.15, 0.2) is 18.2 Å². The molecule has 3 nitrogen and oxygen atoms in total. The molecular formula is C20H27F3N2O. The van der Waals surface area contributed by atoms with Gasteiger partial charge in [0.25, 0.3) is 5.91 Å². The summed E-state index contributed by atoms with van der Waals surface area (Å²) in [5.41, 5.74) is 0.121. The number of carbonyl (C=O) groups is 1. The van der Waals surface area contributed by atoms with E-state index in [1.165, 1.54) is 25.3 Å². The molecule has 1 aliphatic heterocycles. The highest BCUT2D eigenvalue weighted by Crippen LogP contribution is 2.31. The second-order valence-electron chi connectivity index (χ2n) is 7.40. The van der Waals surface area contributed by atoms with Crippen molar-refractivity contribution in [1.82, 2.24) is 10.2 Å². The number of amides is 1. The van der Waals surface area contributed by atoms with E-state index in [1.54, 1.807) is 6.92 Å². The molecule has 0 unspecified atom stereocenters. The number of hydrogen-bond acceptors (Lipinski definition) is 2. The summed E-state index contributed by atoms with van der Waals surface area (Å²) in [7, 11) is 0. The topological polar surface area (TPSA) is 32.3 Å². The fraction of sp³-hybridized carbons (Fsp3) is 0.650. The third-order valence-corrected chi connectivity index (χ3v) is 5.71. The fourth-order valence-corrected chi connectivity index (χ4v) is 4.32. The maximum absolute atomic E-state index is 12.9. The van der Waals surface area contributed by atoms with E-state index in [-0.39, 0.29) is 11.9 Å². The second-order valence-corrected chi connectivity index (χ2v) is 7.40. The highest BCUT2D eigenvalue weighted by Gasteiger charge is 2.34. The molecule has 144 valence electrons. The Morgan fingerprint density at radius 2 is 1.85 bits per heavy atom. The van der Waals surface area contributed by atoms with E-state index in [1.807, 2.05) is 0 Å². The molecule has 0 aromatic heterocycles. The molecule has 1 aromatic rings. The molecule has 1 amide bonds. The van der Waals surface area contributed by atoms with Crippen molar-refractivity contribution in [2.45, 2.75) is 70.1 Å². The van der Waals surface area contributed by atoms with Crippen molar-refractivity contribution >= 4 is 5.91 Å². The van der Waals surface area contributed by atoms with Gasteiger partial charge in [-0.3, -0.25) is 9.69 Å². The van der Waals surface area contributed by atoms with Gasteiger partial charge in [-0.1, -0.05) is 19.8 Å². The zero-order valence-corrected chi connectivity index (χ0v) is 15.2. The van der Waals surface area contributed by atoms with Crippen molar-refractivity contribution in [3.8, 4) is 0 Å². The number of alkyl halides is 3. The van der Waals surface area contributed by atoms with Crippen LogP contribution in [-0.4, -0.2) is 36.0 Å². The summed E-state index contributed by atoms with van der Waals surface area (Å²) in [5.74, 6) is -0.244. The molecular weight excluding hydrogens is 341 g/mol. The third-order valence-electron chi connectivity index (χ3n) is 5.71. The molecule has 1 aromatic carbocycles. The van der Waals surface area contributed by atoms with Crippen LogP contribution in [0.5, 0.6) is 0 Å². The number of hydrogen-bond donors (Lipinski definition) is 1. The quantitative estimate of drug-likeness (QED) is 0.854. The van der Waals surface area contributed by atoms with Crippen molar-refractivity contribution in [3.05, 3.63) is 34.9 Å². The smallest absolute Gasteiger partial charge is 0.348 e. The molecule has 2 atom stereocenters. The number of carbonyl (C=O) groups excluding carboxylic acids is 1. The van der Waals surface area contributed by atoms with E-state index in [9.17, 15) is 18.0 Å². The Morgan fingerprint density at radius 1 is 1.15 bits per heavy atom. The Labute approximate surface area is 152 Å². The van der Waals surface area contributed by atoms with Crippen LogP contribution in [0.2, 0.25) is 0 Å². The van der Waals surface area contributed by atoms with Gasteiger partial charge in [-0.25, -0.2) is 0 Å². The van der Waals surface area contributed by atoms with Crippen LogP contribution >= 0.6 is 0 Å². The summed E-state index contributed by atoms with van der Waals surface area (Å²) in [6.45, 7) is 3.94. The molecule has 6 heteroatoms. The monoisotopic (exact) mass is 368 g/mol. The first-order valence-electron chi connectivity index (χ1n) is 9.65. The minimum Gasteiger partial charge on any atom is -0.348 e. The molecule has 0 spiro atoms. The predicted octanol–water partition coefficient (Wildman–Crippen LogP) is 4.40. The molecule has 26 heavy (non-hydrogen) atoms. The molecule has 0 bridgehead atoms. The lowest BCUT2D eigenvalue weighted by atomic mass is 9.88. The number of rotatable bonds is 4. The minimum absolute atomic E-state index is 0.0846. The first-order chi connectivity index (χ1) is 12.4. The van der Waals surface area contributed by atoms with Gasteiger partial charge >= 0.3 is 6.18 Å². The summed E-state index contributed by atoms with van der Waals surface area (Å²) in [5, 5.41) is 3.13. The molecule has 1 saturated heterocycles. The molecule has 1 aliphatic carbocycles. The molecule has 3 rings (SSSR count).